The van der Waals surface area contributed by atoms with Crippen LogP contribution in [-0.4, -0.2) is 21.6 Å². The number of hydrogen-bond acceptors (Lipinski definition) is 2. The van der Waals surface area contributed by atoms with Gasteiger partial charge in [-0.25, -0.2) is 4.98 Å². The summed E-state index contributed by atoms with van der Waals surface area (Å²) in [5.41, 5.74) is 1.89. The zero-order chi connectivity index (χ0) is 16.6. The highest BCUT2D eigenvalue weighted by Crippen LogP contribution is 2.29. The smallest absolute Gasteiger partial charge is 0.263 e. The SMILES string of the molecule is O=C(n1c(-c2ccc(CBr)cc2)nc2ccccc21)C(F)(F)F. The number of para-hydroxylation sites is 2. The zero-order valence-corrected chi connectivity index (χ0v) is 13.2. The number of nitrogens with zero attached hydrogens (tertiary/aromatic N) is 2. The van der Waals surface area contributed by atoms with Crippen LogP contribution in [0.5, 0.6) is 0 Å². The van der Waals surface area contributed by atoms with Gasteiger partial charge in [-0.2, -0.15) is 13.2 Å². The molecular weight excluding hydrogens is 373 g/mol. The number of alkyl halides is 4. The lowest BCUT2D eigenvalue weighted by Gasteiger charge is -2.10. The summed E-state index contributed by atoms with van der Waals surface area (Å²) in [5.74, 6) is -1.97. The van der Waals surface area contributed by atoms with Crippen molar-refractivity contribution in [2.45, 2.75) is 11.5 Å². The monoisotopic (exact) mass is 382 g/mol. The number of halogens is 4. The van der Waals surface area contributed by atoms with Crippen molar-refractivity contribution in [3.8, 4) is 11.4 Å². The van der Waals surface area contributed by atoms with Crippen LogP contribution in [0.25, 0.3) is 22.4 Å². The molecule has 118 valence electrons. The van der Waals surface area contributed by atoms with Crippen molar-refractivity contribution < 1.29 is 18.0 Å². The van der Waals surface area contributed by atoms with E-state index in [0.717, 1.165) is 5.56 Å². The molecule has 3 nitrogen and oxygen atoms in total. The van der Waals surface area contributed by atoms with Gasteiger partial charge in [-0.3, -0.25) is 9.36 Å². The molecule has 23 heavy (non-hydrogen) atoms. The van der Waals surface area contributed by atoms with E-state index in [1.807, 2.05) is 0 Å². The lowest BCUT2D eigenvalue weighted by Crippen LogP contribution is -2.29. The van der Waals surface area contributed by atoms with Crippen LogP contribution in [0.4, 0.5) is 13.2 Å². The Morgan fingerprint density at radius 1 is 1.09 bits per heavy atom. The van der Waals surface area contributed by atoms with Gasteiger partial charge in [0.15, 0.2) is 0 Å². The van der Waals surface area contributed by atoms with Gasteiger partial charge in [-0.15, -0.1) is 0 Å². The van der Waals surface area contributed by atoms with Crippen molar-refractivity contribution in [2.75, 3.05) is 0 Å². The molecule has 3 aromatic rings. The minimum atomic E-state index is -4.98. The molecule has 0 radical (unpaired) electrons. The number of benzene rings is 2. The Morgan fingerprint density at radius 2 is 1.74 bits per heavy atom. The van der Waals surface area contributed by atoms with Crippen LogP contribution >= 0.6 is 15.9 Å². The molecule has 0 spiro atoms. The van der Waals surface area contributed by atoms with Gasteiger partial charge in [0, 0.05) is 10.9 Å². The Balaban J connectivity index is 2.25. The molecule has 1 aromatic heterocycles. The number of rotatable bonds is 2. The van der Waals surface area contributed by atoms with Crippen LogP contribution in [0.1, 0.15) is 10.4 Å². The number of imidazole rings is 1. The molecule has 1 heterocycles. The summed E-state index contributed by atoms with van der Waals surface area (Å²) in [6.45, 7) is 0. The average molecular weight is 383 g/mol. The third-order valence-corrected chi connectivity index (χ3v) is 4.02. The largest absolute Gasteiger partial charge is 0.472 e. The summed E-state index contributed by atoms with van der Waals surface area (Å²) in [4.78, 5) is 16.1. The summed E-state index contributed by atoms with van der Waals surface area (Å²) in [6.07, 6.45) is -4.98. The zero-order valence-electron chi connectivity index (χ0n) is 11.6. The molecule has 0 unspecified atom stereocenters. The van der Waals surface area contributed by atoms with Gasteiger partial charge in [0.25, 0.3) is 0 Å². The van der Waals surface area contributed by atoms with Crippen molar-refractivity contribution in [3.05, 3.63) is 54.1 Å². The fraction of sp³-hybridized carbons (Fsp3) is 0.125. The number of hydrogen-bond donors (Lipinski definition) is 0. The highest BCUT2D eigenvalue weighted by molar-refractivity contribution is 9.08. The maximum absolute atomic E-state index is 13.0. The average Bonchev–Trinajstić information content (AvgIpc) is 2.92. The van der Waals surface area contributed by atoms with Gasteiger partial charge in [-0.1, -0.05) is 52.3 Å². The van der Waals surface area contributed by atoms with Crippen molar-refractivity contribution >= 4 is 32.9 Å². The summed E-state index contributed by atoms with van der Waals surface area (Å²) in [6, 6.07) is 13.1. The molecule has 0 saturated carbocycles. The minimum absolute atomic E-state index is 0.0188. The van der Waals surface area contributed by atoms with Crippen LogP contribution in [0.2, 0.25) is 0 Å². The number of carbonyl (C=O) groups is 1. The predicted molar refractivity (Wildman–Crippen MR) is 84.5 cm³/mol. The molecular formula is C16H10BrF3N2O. The number of carbonyl (C=O) groups excluding carboxylic acids is 1. The Kier molecular flexibility index (Phi) is 3.97. The maximum atomic E-state index is 13.0. The first kappa shape index (κ1) is 15.7. The molecule has 0 aliphatic rings. The molecule has 2 aromatic carbocycles. The second kappa shape index (κ2) is 5.81. The maximum Gasteiger partial charge on any atom is 0.472 e. The second-order valence-electron chi connectivity index (χ2n) is 4.89. The van der Waals surface area contributed by atoms with E-state index in [9.17, 15) is 18.0 Å². The molecule has 0 amide bonds. The third-order valence-electron chi connectivity index (χ3n) is 3.37. The predicted octanol–water partition coefficient (Wildman–Crippen LogP) is 4.80. The molecule has 0 aliphatic heterocycles. The van der Waals surface area contributed by atoms with E-state index < -0.39 is 12.1 Å². The van der Waals surface area contributed by atoms with Crippen LogP contribution in [0.3, 0.4) is 0 Å². The lowest BCUT2D eigenvalue weighted by atomic mass is 10.1. The van der Waals surface area contributed by atoms with Gasteiger partial charge in [0.2, 0.25) is 0 Å². The standard InChI is InChI=1S/C16H10BrF3N2O/c17-9-10-5-7-11(8-6-10)14-21-12-3-1-2-4-13(12)22(14)15(23)16(18,19)20/h1-8H,9H2. The molecule has 3 rings (SSSR count). The molecule has 7 heteroatoms. The van der Waals surface area contributed by atoms with E-state index in [4.69, 9.17) is 0 Å². The quantitative estimate of drug-likeness (QED) is 0.596. The van der Waals surface area contributed by atoms with E-state index in [0.29, 0.717) is 21.0 Å². The number of fused-ring (bicyclic) bond motifs is 1. The van der Waals surface area contributed by atoms with Crippen LogP contribution in [0.15, 0.2) is 48.5 Å². The van der Waals surface area contributed by atoms with Gasteiger partial charge in [0.1, 0.15) is 5.82 Å². The van der Waals surface area contributed by atoms with E-state index in [1.54, 1.807) is 42.5 Å². The Bertz CT molecular complexity index is 869. The first-order valence-electron chi connectivity index (χ1n) is 6.66. The minimum Gasteiger partial charge on any atom is -0.263 e. The summed E-state index contributed by atoms with van der Waals surface area (Å²) >= 11 is 3.31. The molecule has 0 aliphatic carbocycles. The fourth-order valence-electron chi connectivity index (χ4n) is 2.29. The molecule has 0 fully saturated rings. The highest BCUT2D eigenvalue weighted by Gasteiger charge is 2.42. The summed E-state index contributed by atoms with van der Waals surface area (Å²) in [7, 11) is 0. The topological polar surface area (TPSA) is 34.9 Å². The van der Waals surface area contributed by atoms with E-state index in [2.05, 4.69) is 20.9 Å². The van der Waals surface area contributed by atoms with Crippen LogP contribution in [-0.2, 0) is 5.33 Å². The van der Waals surface area contributed by atoms with Gasteiger partial charge in [-0.05, 0) is 17.7 Å². The van der Waals surface area contributed by atoms with E-state index >= 15 is 0 Å². The molecule has 0 N–H and O–H groups in total. The van der Waals surface area contributed by atoms with Crippen molar-refractivity contribution in [2.24, 2.45) is 0 Å². The molecule has 0 atom stereocenters. The summed E-state index contributed by atoms with van der Waals surface area (Å²) in [5, 5.41) is 0.630. The molecule has 0 bridgehead atoms. The van der Waals surface area contributed by atoms with Crippen molar-refractivity contribution in [3.63, 3.8) is 0 Å². The van der Waals surface area contributed by atoms with Crippen LogP contribution in [0, 0.1) is 0 Å². The Hall–Kier alpha value is -2.15. The molecule has 0 saturated heterocycles. The number of aromatic nitrogens is 2. The van der Waals surface area contributed by atoms with Gasteiger partial charge >= 0.3 is 12.1 Å². The van der Waals surface area contributed by atoms with Crippen molar-refractivity contribution in [1.82, 2.24) is 9.55 Å². The fourth-order valence-corrected chi connectivity index (χ4v) is 2.67. The third kappa shape index (κ3) is 2.88. The van der Waals surface area contributed by atoms with Gasteiger partial charge in [0.05, 0.1) is 11.0 Å². The lowest BCUT2D eigenvalue weighted by molar-refractivity contribution is -0.0942. The van der Waals surface area contributed by atoms with E-state index in [1.165, 1.54) is 6.07 Å². The Morgan fingerprint density at radius 3 is 2.35 bits per heavy atom. The van der Waals surface area contributed by atoms with Gasteiger partial charge < -0.3 is 0 Å². The highest BCUT2D eigenvalue weighted by atomic mass is 79.9. The first-order chi connectivity index (χ1) is 10.9. The van der Waals surface area contributed by atoms with Crippen molar-refractivity contribution in [1.29, 1.82) is 0 Å². The Labute approximate surface area is 137 Å². The summed E-state index contributed by atoms with van der Waals surface area (Å²) < 4.78 is 39.5. The van der Waals surface area contributed by atoms with Crippen LogP contribution < -0.4 is 0 Å². The first-order valence-corrected chi connectivity index (χ1v) is 7.78. The second-order valence-corrected chi connectivity index (χ2v) is 5.45. The normalized spacial score (nSPS) is 11.8. The van der Waals surface area contributed by atoms with E-state index in [-0.39, 0.29) is 11.3 Å².